The van der Waals surface area contributed by atoms with Crippen LogP contribution in [0.15, 0.2) is 18.2 Å². The van der Waals surface area contributed by atoms with Gasteiger partial charge in [0, 0.05) is 11.7 Å². The Morgan fingerprint density at radius 2 is 1.76 bits per heavy atom. The SMILES string of the molecule is Cl.Cl.Nc1cc(NC2CCCCC2)ccc1O. The monoisotopic (exact) mass is 278 g/mol. The number of anilines is 2. The van der Waals surface area contributed by atoms with Crippen molar-refractivity contribution in [3.05, 3.63) is 18.2 Å². The van der Waals surface area contributed by atoms with Crippen molar-refractivity contribution in [3.63, 3.8) is 0 Å². The maximum Gasteiger partial charge on any atom is 0.138 e. The van der Waals surface area contributed by atoms with Crippen LogP contribution < -0.4 is 11.1 Å². The quantitative estimate of drug-likeness (QED) is 0.440. The summed E-state index contributed by atoms with van der Waals surface area (Å²) >= 11 is 0. The van der Waals surface area contributed by atoms with Crippen molar-refractivity contribution in [2.45, 2.75) is 38.1 Å². The number of nitrogens with one attached hydrogen (secondary N) is 1. The van der Waals surface area contributed by atoms with Gasteiger partial charge >= 0.3 is 0 Å². The van der Waals surface area contributed by atoms with Crippen molar-refractivity contribution < 1.29 is 5.11 Å². The van der Waals surface area contributed by atoms with Crippen molar-refractivity contribution in [2.24, 2.45) is 0 Å². The maximum atomic E-state index is 9.30. The fourth-order valence-electron chi connectivity index (χ4n) is 2.13. The van der Waals surface area contributed by atoms with Crippen molar-refractivity contribution in [1.29, 1.82) is 0 Å². The zero-order valence-corrected chi connectivity index (χ0v) is 11.3. The fourth-order valence-corrected chi connectivity index (χ4v) is 2.13. The molecule has 0 aliphatic heterocycles. The van der Waals surface area contributed by atoms with Gasteiger partial charge in [0.15, 0.2) is 0 Å². The molecular weight excluding hydrogens is 259 g/mol. The first-order valence-electron chi connectivity index (χ1n) is 5.61. The highest BCUT2D eigenvalue weighted by atomic mass is 35.5. The molecule has 0 amide bonds. The normalized spacial score (nSPS) is 15.5. The molecule has 0 radical (unpaired) electrons. The average molecular weight is 279 g/mol. The van der Waals surface area contributed by atoms with E-state index in [0.29, 0.717) is 11.7 Å². The van der Waals surface area contributed by atoms with E-state index in [-0.39, 0.29) is 30.6 Å². The molecule has 0 unspecified atom stereocenters. The van der Waals surface area contributed by atoms with E-state index in [2.05, 4.69) is 5.32 Å². The topological polar surface area (TPSA) is 58.3 Å². The van der Waals surface area contributed by atoms with Crippen LogP contribution in [0.1, 0.15) is 32.1 Å². The lowest BCUT2D eigenvalue weighted by molar-refractivity contribution is 0.462. The Balaban J connectivity index is 0.00000128. The Labute approximate surface area is 115 Å². The van der Waals surface area contributed by atoms with Crippen LogP contribution in [-0.4, -0.2) is 11.1 Å². The first kappa shape index (κ1) is 16.2. The van der Waals surface area contributed by atoms with Gasteiger partial charge in [-0.05, 0) is 31.0 Å². The van der Waals surface area contributed by atoms with Crippen LogP contribution in [0.2, 0.25) is 0 Å². The van der Waals surface area contributed by atoms with Crippen LogP contribution in [0, 0.1) is 0 Å². The molecule has 4 N–H and O–H groups in total. The molecule has 1 aliphatic rings. The van der Waals surface area contributed by atoms with E-state index in [0.717, 1.165) is 5.69 Å². The Morgan fingerprint density at radius 3 is 2.35 bits per heavy atom. The zero-order valence-electron chi connectivity index (χ0n) is 9.69. The van der Waals surface area contributed by atoms with Gasteiger partial charge in [-0.3, -0.25) is 0 Å². The number of phenolic OH excluding ortho intramolecular Hbond substituents is 1. The molecule has 0 bridgehead atoms. The summed E-state index contributed by atoms with van der Waals surface area (Å²) in [6.07, 6.45) is 6.45. The first-order chi connectivity index (χ1) is 7.25. The summed E-state index contributed by atoms with van der Waals surface area (Å²) in [5.41, 5.74) is 7.09. The molecule has 5 heteroatoms. The maximum absolute atomic E-state index is 9.30. The standard InChI is InChI=1S/C12H18N2O.2ClH/c13-11-8-10(6-7-12(11)15)14-9-4-2-1-3-5-9;;/h6-9,14-15H,1-5,13H2;2*1H. The van der Waals surface area contributed by atoms with Crippen molar-refractivity contribution in [3.8, 4) is 5.75 Å². The molecule has 0 saturated heterocycles. The minimum Gasteiger partial charge on any atom is -0.506 e. The predicted molar refractivity (Wildman–Crippen MR) is 77.5 cm³/mol. The highest BCUT2D eigenvalue weighted by molar-refractivity contribution is 5.85. The van der Waals surface area contributed by atoms with Crippen molar-refractivity contribution in [2.75, 3.05) is 11.1 Å². The average Bonchev–Trinajstić information content (AvgIpc) is 2.25. The predicted octanol–water partition coefficient (Wildman–Crippen LogP) is 3.56. The van der Waals surface area contributed by atoms with E-state index in [1.54, 1.807) is 12.1 Å². The summed E-state index contributed by atoms with van der Waals surface area (Å²) in [6.45, 7) is 0. The summed E-state index contributed by atoms with van der Waals surface area (Å²) < 4.78 is 0. The van der Waals surface area contributed by atoms with E-state index < -0.39 is 0 Å². The van der Waals surface area contributed by atoms with Crippen LogP contribution in [0.4, 0.5) is 11.4 Å². The second-order valence-corrected chi connectivity index (χ2v) is 4.25. The molecule has 1 aromatic carbocycles. The molecule has 3 nitrogen and oxygen atoms in total. The van der Waals surface area contributed by atoms with E-state index in [4.69, 9.17) is 5.73 Å². The Bertz CT molecular complexity index is 341. The number of aromatic hydroxyl groups is 1. The van der Waals surface area contributed by atoms with Crippen LogP contribution in [0.25, 0.3) is 0 Å². The lowest BCUT2D eigenvalue weighted by Gasteiger charge is -2.24. The summed E-state index contributed by atoms with van der Waals surface area (Å²) in [5.74, 6) is 0.157. The van der Waals surface area contributed by atoms with Crippen LogP contribution in [-0.2, 0) is 0 Å². The van der Waals surface area contributed by atoms with Gasteiger partial charge in [-0.25, -0.2) is 0 Å². The molecule has 98 valence electrons. The molecule has 0 spiro atoms. The third-order valence-corrected chi connectivity index (χ3v) is 3.00. The van der Waals surface area contributed by atoms with Gasteiger partial charge in [-0.1, -0.05) is 19.3 Å². The van der Waals surface area contributed by atoms with E-state index in [1.165, 1.54) is 32.1 Å². The van der Waals surface area contributed by atoms with Gasteiger partial charge in [-0.15, -0.1) is 24.8 Å². The minimum atomic E-state index is 0. The molecule has 0 atom stereocenters. The number of halogens is 2. The number of benzene rings is 1. The summed E-state index contributed by atoms with van der Waals surface area (Å²) in [7, 11) is 0. The summed E-state index contributed by atoms with van der Waals surface area (Å²) in [4.78, 5) is 0. The van der Waals surface area contributed by atoms with Crippen LogP contribution in [0.3, 0.4) is 0 Å². The zero-order chi connectivity index (χ0) is 10.7. The van der Waals surface area contributed by atoms with E-state index in [9.17, 15) is 5.11 Å². The highest BCUT2D eigenvalue weighted by Gasteiger charge is 2.12. The second-order valence-electron chi connectivity index (χ2n) is 4.25. The Hall–Kier alpha value is -0.800. The molecule has 1 aliphatic carbocycles. The highest BCUT2D eigenvalue weighted by Crippen LogP contribution is 2.26. The molecule has 1 saturated carbocycles. The number of hydrogen-bond donors (Lipinski definition) is 3. The molecule has 17 heavy (non-hydrogen) atoms. The molecule has 2 rings (SSSR count). The van der Waals surface area contributed by atoms with E-state index in [1.807, 2.05) is 6.07 Å². The molecular formula is C12H20Cl2N2O. The molecule has 1 fully saturated rings. The summed E-state index contributed by atoms with van der Waals surface area (Å²) in [6, 6.07) is 5.88. The molecule has 0 aromatic heterocycles. The molecule has 0 heterocycles. The Kier molecular flexibility index (Phi) is 7.16. The fraction of sp³-hybridized carbons (Fsp3) is 0.500. The van der Waals surface area contributed by atoms with Gasteiger partial charge < -0.3 is 16.2 Å². The van der Waals surface area contributed by atoms with E-state index >= 15 is 0 Å². The second kappa shape index (κ2) is 7.51. The summed E-state index contributed by atoms with van der Waals surface area (Å²) in [5, 5.41) is 12.8. The molecule has 1 aromatic rings. The van der Waals surface area contributed by atoms with Gasteiger partial charge in [0.2, 0.25) is 0 Å². The van der Waals surface area contributed by atoms with Gasteiger partial charge in [0.1, 0.15) is 5.75 Å². The van der Waals surface area contributed by atoms with Crippen LogP contribution in [0.5, 0.6) is 5.75 Å². The minimum absolute atomic E-state index is 0. The number of nitrogen functional groups attached to an aromatic ring is 1. The third-order valence-electron chi connectivity index (χ3n) is 3.00. The van der Waals surface area contributed by atoms with Crippen molar-refractivity contribution in [1.82, 2.24) is 0 Å². The lowest BCUT2D eigenvalue weighted by Crippen LogP contribution is -2.22. The smallest absolute Gasteiger partial charge is 0.138 e. The van der Waals surface area contributed by atoms with Crippen LogP contribution >= 0.6 is 24.8 Å². The first-order valence-corrected chi connectivity index (χ1v) is 5.61. The van der Waals surface area contributed by atoms with Crippen molar-refractivity contribution >= 4 is 36.2 Å². The number of rotatable bonds is 2. The number of phenols is 1. The van der Waals surface area contributed by atoms with Gasteiger partial charge in [0.25, 0.3) is 0 Å². The Morgan fingerprint density at radius 1 is 1.12 bits per heavy atom. The largest absolute Gasteiger partial charge is 0.506 e. The number of nitrogens with two attached hydrogens (primary N) is 1. The third kappa shape index (κ3) is 4.52. The van der Waals surface area contributed by atoms with Gasteiger partial charge in [0.05, 0.1) is 5.69 Å². The number of hydrogen-bond acceptors (Lipinski definition) is 3. The van der Waals surface area contributed by atoms with Gasteiger partial charge in [-0.2, -0.15) is 0 Å². The lowest BCUT2D eigenvalue weighted by atomic mass is 9.95.